The lowest BCUT2D eigenvalue weighted by atomic mass is 10.1. The normalized spacial score (nSPS) is 9.70. The van der Waals surface area contributed by atoms with E-state index in [0.717, 1.165) is 6.42 Å². The number of benzene rings is 2. The summed E-state index contributed by atoms with van der Waals surface area (Å²) in [5, 5.41) is 7.51. The molecule has 0 fully saturated rings. The largest absolute Gasteiger partial charge is 0.262 e. The van der Waals surface area contributed by atoms with Crippen LogP contribution in [0.25, 0.3) is 11.1 Å². The highest BCUT2D eigenvalue weighted by Gasteiger charge is 2.15. The number of nitriles is 1. The van der Waals surface area contributed by atoms with Crippen LogP contribution >= 0.6 is 0 Å². The summed E-state index contributed by atoms with van der Waals surface area (Å²) in [5.74, 6) is 0. The molecule has 0 radical (unpaired) electrons. The predicted molar refractivity (Wildman–Crippen MR) is 92.5 cm³/mol. The molecule has 1 aliphatic carbocycles. The van der Waals surface area contributed by atoms with Gasteiger partial charge in [-0.2, -0.15) is 5.26 Å². The van der Waals surface area contributed by atoms with E-state index in [2.05, 4.69) is 65.1 Å². The molecule has 0 unspecified atom stereocenters. The quantitative estimate of drug-likeness (QED) is 0.451. The Morgan fingerprint density at radius 2 is 1.22 bits per heavy atom. The van der Waals surface area contributed by atoms with Gasteiger partial charge in [-0.25, -0.2) is 0 Å². The van der Waals surface area contributed by atoms with Crippen LogP contribution in [0.2, 0.25) is 0 Å². The standard InChI is InChI=1S/C13H10.C4H4N2.C3H3N/c1-3-7-12-10(5-1)9-11-6-2-4-8-13(11)12;1-2-6-4-3-5-1;1-2-3-4/h1-8H,9H2;1-4H;2H,1H2. The fourth-order valence-electron chi connectivity index (χ4n) is 2.33. The third kappa shape index (κ3) is 4.62. The second kappa shape index (κ2) is 8.91. The van der Waals surface area contributed by atoms with Crippen molar-refractivity contribution in [3.63, 3.8) is 0 Å². The third-order valence-corrected chi connectivity index (χ3v) is 3.27. The highest BCUT2D eigenvalue weighted by Crippen LogP contribution is 2.35. The first-order valence-corrected chi connectivity index (χ1v) is 7.23. The molecule has 23 heavy (non-hydrogen) atoms. The third-order valence-electron chi connectivity index (χ3n) is 3.27. The van der Waals surface area contributed by atoms with Crippen LogP contribution in [0.1, 0.15) is 11.1 Å². The second-order valence-corrected chi connectivity index (χ2v) is 4.72. The molecule has 3 aromatic rings. The summed E-state index contributed by atoms with van der Waals surface area (Å²) in [7, 11) is 0. The molecule has 1 heterocycles. The Bertz CT molecular complexity index is 719. The van der Waals surface area contributed by atoms with Crippen LogP contribution in [0.15, 0.2) is 86.0 Å². The number of nitrogens with zero attached hydrogens (tertiary/aromatic N) is 3. The van der Waals surface area contributed by atoms with Crippen LogP contribution in [-0.2, 0) is 6.42 Å². The van der Waals surface area contributed by atoms with Gasteiger partial charge in [0, 0.05) is 30.9 Å². The van der Waals surface area contributed by atoms with Gasteiger partial charge in [0.1, 0.15) is 0 Å². The van der Waals surface area contributed by atoms with Crippen molar-refractivity contribution in [1.82, 2.24) is 9.97 Å². The van der Waals surface area contributed by atoms with E-state index in [9.17, 15) is 0 Å². The van der Waals surface area contributed by atoms with Gasteiger partial charge in [-0.15, -0.1) is 0 Å². The maximum atomic E-state index is 7.51. The van der Waals surface area contributed by atoms with Gasteiger partial charge in [-0.05, 0) is 28.7 Å². The van der Waals surface area contributed by atoms with Gasteiger partial charge in [0.25, 0.3) is 0 Å². The molecule has 0 spiro atoms. The van der Waals surface area contributed by atoms with Crippen LogP contribution in [0, 0.1) is 11.3 Å². The van der Waals surface area contributed by atoms with E-state index in [0.29, 0.717) is 0 Å². The smallest absolute Gasteiger partial charge is 0.0905 e. The zero-order chi connectivity index (χ0) is 16.3. The maximum Gasteiger partial charge on any atom is 0.0905 e. The molecule has 1 aromatic heterocycles. The Balaban J connectivity index is 0.000000161. The minimum absolute atomic E-state index is 1.10. The molecular formula is C20H17N3. The second-order valence-electron chi connectivity index (χ2n) is 4.72. The van der Waals surface area contributed by atoms with Crippen molar-refractivity contribution >= 4 is 0 Å². The molecule has 0 saturated heterocycles. The number of hydrogen-bond donors (Lipinski definition) is 0. The molecule has 1 aliphatic rings. The molecule has 3 heteroatoms. The van der Waals surface area contributed by atoms with Gasteiger partial charge in [-0.1, -0.05) is 55.1 Å². The fourth-order valence-corrected chi connectivity index (χ4v) is 2.33. The molecule has 0 aliphatic heterocycles. The first-order chi connectivity index (χ1) is 11.4. The number of aromatic nitrogens is 2. The van der Waals surface area contributed by atoms with Gasteiger partial charge in [-0.3, -0.25) is 9.97 Å². The van der Waals surface area contributed by atoms with Crippen molar-refractivity contribution in [3.8, 4) is 17.2 Å². The summed E-state index contributed by atoms with van der Waals surface area (Å²) in [6.07, 6.45) is 8.84. The summed E-state index contributed by atoms with van der Waals surface area (Å²) in [4.78, 5) is 7.44. The van der Waals surface area contributed by atoms with E-state index < -0.39 is 0 Å². The molecule has 0 amide bonds. The molecular weight excluding hydrogens is 282 g/mol. The van der Waals surface area contributed by atoms with E-state index in [1.807, 2.05) is 0 Å². The molecule has 0 saturated carbocycles. The lowest BCUT2D eigenvalue weighted by Gasteiger charge is -1.98. The summed E-state index contributed by atoms with van der Waals surface area (Å²) >= 11 is 0. The molecule has 0 N–H and O–H groups in total. The molecule has 0 atom stereocenters. The number of rotatable bonds is 0. The zero-order valence-corrected chi connectivity index (χ0v) is 12.8. The summed E-state index contributed by atoms with van der Waals surface area (Å²) in [6.45, 7) is 3.12. The Labute approximate surface area is 136 Å². The molecule has 2 aromatic carbocycles. The van der Waals surface area contributed by atoms with Gasteiger partial charge in [0.15, 0.2) is 0 Å². The Hall–Kier alpha value is -3.25. The first-order valence-electron chi connectivity index (χ1n) is 7.23. The lowest BCUT2D eigenvalue weighted by molar-refractivity contribution is 1.20. The molecule has 4 rings (SSSR count). The van der Waals surface area contributed by atoms with Crippen molar-refractivity contribution in [2.24, 2.45) is 0 Å². The van der Waals surface area contributed by atoms with Crippen molar-refractivity contribution in [2.45, 2.75) is 6.42 Å². The number of fused-ring (bicyclic) bond motifs is 3. The van der Waals surface area contributed by atoms with Crippen LogP contribution in [0.3, 0.4) is 0 Å². The van der Waals surface area contributed by atoms with Crippen molar-refractivity contribution < 1.29 is 0 Å². The molecule has 112 valence electrons. The SMILES string of the molecule is C=CC#N.c1ccc2c(c1)Cc1ccccc1-2.c1cnccn1. The average molecular weight is 299 g/mol. The van der Waals surface area contributed by atoms with E-state index in [1.165, 1.54) is 28.3 Å². The van der Waals surface area contributed by atoms with Crippen molar-refractivity contribution in [1.29, 1.82) is 5.26 Å². The van der Waals surface area contributed by atoms with Crippen molar-refractivity contribution in [2.75, 3.05) is 0 Å². The minimum atomic E-state index is 1.10. The van der Waals surface area contributed by atoms with Gasteiger partial charge in [0.05, 0.1) is 6.07 Å². The van der Waals surface area contributed by atoms with Crippen LogP contribution in [-0.4, -0.2) is 9.97 Å². The monoisotopic (exact) mass is 299 g/mol. The number of hydrogen-bond acceptors (Lipinski definition) is 3. The summed E-state index contributed by atoms with van der Waals surface area (Å²) in [5.41, 5.74) is 5.75. The van der Waals surface area contributed by atoms with E-state index >= 15 is 0 Å². The molecule has 3 nitrogen and oxygen atoms in total. The predicted octanol–water partition coefficient (Wildman–Crippen LogP) is 4.43. The van der Waals surface area contributed by atoms with Crippen LogP contribution < -0.4 is 0 Å². The zero-order valence-electron chi connectivity index (χ0n) is 12.8. The van der Waals surface area contributed by atoms with Gasteiger partial charge in [0.2, 0.25) is 0 Å². The van der Waals surface area contributed by atoms with E-state index in [-0.39, 0.29) is 0 Å². The van der Waals surface area contributed by atoms with Crippen LogP contribution in [0.4, 0.5) is 0 Å². The Morgan fingerprint density at radius 1 is 0.826 bits per heavy atom. The highest BCUT2D eigenvalue weighted by atomic mass is 14.7. The van der Waals surface area contributed by atoms with Crippen molar-refractivity contribution in [3.05, 3.63) is 97.1 Å². The minimum Gasteiger partial charge on any atom is -0.262 e. The maximum absolute atomic E-state index is 7.51. The van der Waals surface area contributed by atoms with Crippen LogP contribution in [0.5, 0.6) is 0 Å². The van der Waals surface area contributed by atoms with E-state index in [1.54, 1.807) is 30.9 Å². The average Bonchev–Trinajstić information content (AvgIpc) is 3.03. The summed E-state index contributed by atoms with van der Waals surface area (Å²) < 4.78 is 0. The highest BCUT2D eigenvalue weighted by molar-refractivity contribution is 5.76. The lowest BCUT2D eigenvalue weighted by Crippen LogP contribution is -1.77. The van der Waals surface area contributed by atoms with E-state index in [4.69, 9.17) is 5.26 Å². The Kier molecular flexibility index (Phi) is 6.25. The molecule has 0 bridgehead atoms. The first kappa shape index (κ1) is 16.1. The van der Waals surface area contributed by atoms with Gasteiger partial charge < -0.3 is 0 Å². The Morgan fingerprint density at radius 3 is 1.57 bits per heavy atom. The number of allylic oxidation sites excluding steroid dienone is 1. The fraction of sp³-hybridized carbons (Fsp3) is 0.0500. The van der Waals surface area contributed by atoms with Gasteiger partial charge >= 0.3 is 0 Å². The topological polar surface area (TPSA) is 49.6 Å². The summed E-state index contributed by atoms with van der Waals surface area (Å²) in [6, 6.07) is 19.0.